The van der Waals surface area contributed by atoms with Gasteiger partial charge in [0.2, 0.25) is 0 Å². The summed E-state index contributed by atoms with van der Waals surface area (Å²) in [4.78, 5) is 3.95. The van der Waals surface area contributed by atoms with Gasteiger partial charge in [0.1, 0.15) is 23.3 Å². The number of nitrogens with two attached hydrogens (primary N) is 1. The van der Waals surface area contributed by atoms with Crippen molar-refractivity contribution >= 4 is 17.3 Å². The zero-order valence-corrected chi connectivity index (χ0v) is 8.24. The number of halogens is 2. The highest BCUT2D eigenvalue weighted by molar-refractivity contribution is 5.57. The first-order valence-corrected chi connectivity index (χ1v) is 4.59. The van der Waals surface area contributed by atoms with Crippen LogP contribution in [0.1, 0.15) is 0 Å². The quantitative estimate of drug-likeness (QED) is 0.819. The molecule has 2 aromatic rings. The monoisotopic (exact) mass is 221 g/mol. The minimum Gasteiger partial charge on any atom is -0.384 e. The number of nitrogen functional groups attached to an aromatic ring is 1. The second-order valence-electron chi connectivity index (χ2n) is 3.23. The van der Waals surface area contributed by atoms with Crippen LogP contribution in [0.25, 0.3) is 0 Å². The molecule has 16 heavy (non-hydrogen) atoms. The number of rotatable bonds is 2. The first-order chi connectivity index (χ1) is 7.63. The molecule has 0 fully saturated rings. The van der Waals surface area contributed by atoms with Gasteiger partial charge in [-0.2, -0.15) is 0 Å². The maximum atomic E-state index is 12.9. The number of hydrogen-bond donors (Lipinski definition) is 2. The third-order valence-corrected chi connectivity index (χ3v) is 1.91. The van der Waals surface area contributed by atoms with Gasteiger partial charge >= 0.3 is 0 Å². The van der Waals surface area contributed by atoms with Gasteiger partial charge in [-0.1, -0.05) is 6.07 Å². The van der Waals surface area contributed by atoms with Crippen LogP contribution in [0.3, 0.4) is 0 Å². The van der Waals surface area contributed by atoms with Crippen molar-refractivity contribution in [2.24, 2.45) is 0 Å². The van der Waals surface area contributed by atoms with E-state index in [4.69, 9.17) is 5.73 Å². The van der Waals surface area contributed by atoms with E-state index in [1.807, 2.05) is 0 Å². The molecule has 0 atom stereocenters. The molecule has 3 N–H and O–H groups in total. The van der Waals surface area contributed by atoms with Gasteiger partial charge in [-0.15, -0.1) is 0 Å². The highest BCUT2D eigenvalue weighted by Crippen LogP contribution is 2.17. The van der Waals surface area contributed by atoms with E-state index in [2.05, 4.69) is 10.3 Å². The van der Waals surface area contributed by atoms with E-state index >= 15 is 0 Å². The van der Waals surface area contributed by atoms with Crippen molar-refractivity contribution in [2.75, 3.05) is 11.1 Å². The Morgan fingerprint density at radius 2 is 1.75 bits per heavy atom. The predicted octanol–water partition coefficient (Wildman–Crippen LogP) is 2.69. The summed E-state index contributed by atoms with van der Waals surface area (Å²) < 4.78 is 25.8. The average Bonchev–Trinajstić information content (AvgIpc) is 2.15. The molecular formula is C11H9F2N3. The first-order valence-electron chi connectivity index (χ1n) is 4.59. The Balaban J connectivity index is 2.27. The van der Waals surface area contributed by atoms with Gasteiger partial charge < -0.3 is 11.1 Å². The van der Waals surface area contributed by atoms with E-state index in [9.17, 15) is 8.78 Å². The smallest absolute Gasteiger partial charge is 0.132 e. The molecule has 0 unspecified atom stereocenters. The molecule has 2 rings (SSSR count). The van der Waals surface area contributed by atoms with Gasteiger partial charge in [0.05, 0.1) is 0 Å². The molecule has 0 aliphatic carbocycles. The first kappa shape index (κ1) is 10.4. The normalized spacial score (nSPS) is 10.1. The number of pyridine rings is 1. The largest absolute Gasteiger partial charge is 0.384 e. The van der Waals surface area contributed by atoms with Crippen molar-refractivity contribution in [2.45, 2.75) is 0 Å². The van der Waals surface area contributed by atoms with Crippen molar-refractivity contribution in [3.8, 4) is 0 Å². The van der Waals surface area contributed by atoms with Crippen LogP contribution in [0.5, 0.6) is 0 Å². The molecule has 0 aliphatic rings. The van der Waals surface area contributed by atoms with E-state index in [1.165, 1.54) is 12.1 Å². The SMILES string of the molecule is Nc1cccc(Nc2cc(F)cc(F)c2)n1. The molecule has 1 aromatic carbocycles. The van der Waals surface area contributed by atoms with E-state index < -0.39 is 11.6 Å². The minimum atomic E-state index is -0.647. The number of hydrogen-bond acceptors (Lipinski definition) is 3. The zero-order valence-electron chi connectivity index (χ0n) is 8.24. The summed E-state index contributed by atoms with van der Waals surface area (Å²) in [6.45, 7) is 0. The third-order valence-electron chi connectivity index (χ3n) is 1.91. The maximum Gasteiger partial charge on any atom is 0.132 e. The summed E-state index contributed by atoms with van der Waals surface area (Å²) in [6.07, 6.45) is 0. The number of nitrogens with zero attached hydrogens (tertiary/aromatic N) is 1. The van der Waals surface area contributed by atoms with Gasteiger partial charge in [-0.25, -0.2) is 13.8 Å². The molecule has 0 spiro atoms. The number of aromatic nitrogens is 1. The van der Waals surface area contributed by atoms with Crippen LogP contribution in [-0.2, 0) is 0 Å². The topological polar surface area (TPSA) is 50.9 Å². The van der Waals surface area contributed by atoms with Crippen molar-refractivity contribution in [1.29, 1.82) is 0 Å². The molecule has 3 nitrogen and oxygen atoms in total. The Labute approximate surface area is 90.9 Å². The van der Waals surface area contributed by atoms with Crippen LogP contribution in [0.15, 0.2) is 36.4 Å². The lowest BCUT2D eigenvalue weighted by atomic mass is 10.3. The second-order valence-corrected chi connectivity index (χ2v) is 3.23. The molecule has 0 bridgehead atoms. The van der Waals surface area contributed by atoms with Crippen LogP contribution in [-0.4, -0.2) is 4.98 Å². The molecule has 1 aromatic heterocycles. The average molecular weight is 221 g/mol. The van der Waals surface area contributed by atoms with Crippen molar-refractivity contribution < 1.29 is 8.78 Å². The third kappa shape index (κ3) is 2.44. The van der Waals surface area contributed by atoms with Gasteiger partial charge in [-0.05, 0) is 24.3 Å². The predicted molar refractivity (Wildman–Crippen MR) is 58.3 cm³/mol. The zero-order chi connectivity index (χ0) is 11.5. The van der Waals surface area contributed by atoms with Crippen LogP contribution >= 0.6 is 0 Å². The summed E-state index contributed by atoms with van der Waals surface area (Å²) in [7, 11) is 0. The Hall–Kier alpha value is -2.17. The van der Waals surface area contributed by atoms with Crippen molar-refractivity contribution in [1.82, 2.24) is 4.98 Å². The molecular weight excluding hydrogens is 212 g/mol. The van der Waals surface area contributed by atoms with E-state index in [0.717, 1.165) is 6.07 Å². The number of anilines is 3. The standard InChI is InChI=1S/C11H9F2N3/c12-7-4-8(13)6-9(5-7)15-11-3-1-2-10(14)16-11/h1-6H,(H3,14,15,16). The van der Waals surface area contributed by atoms with E-state index in [1.54, 1.807) is 18.2 Å². The van der Waals surface area contributed by atoms with Crippen molar-refractivity contribution in [3.63, 3.8) is 0 Å². The molecule has 0 radical (unpaired) electrons. The molecule has 0 saturated carbocycles. The van der Waals surface area contributed by atoms with Gasteiger partial charge in [0.15, 0.2) is 0 Å². The molecule has 1 heterocycles. The maximum absolute atomic E-state index is 12.9. The van der Waals surface area contributed by atoms with Crippen molar-refractivity contribution in [3.05, 3.63) is 48.0 Å². The van der Waals surface area contributed by atoms with Crippen LogP contribution in [0, 0.1) is 11.6 Å². The minimum absolute atomic E-state index is 0.288. The number of nitrogens with one attached hydrogen (secondary N) is 1. The Morgan fingerprint density at radius 1 is 1.06 bits per heavy atom. The molecule has 5 heteroatoms. The highest BCUT2D eigenvalue weighted by Gasteiger charge is 2.01. The summed E-state index contributed by atoms with van der Waals surface area (Å²) in [5.41, 5.74) is 5.76. The Bertz CT molecular complexity index is 494. The Morgan fingerprint density at radius 3 is 2.38 bits per heavy atom. The van der Waals surface area contributed by atoms with Crippen LogP contribution in [0.2, 0.25) is 0 Å². The van der Waals surface area contributed by atoms with Gasteiger partial charge in [-0.3, -0.25) is 0 Å². The fraction of sp³-hybridized carbons (Fsp3) is 0. The van der Waals surface area contributed by atoms with E-state index in [-0.39, 0.29) is 5.69 Å². The summed E-state index contributed by atoms with van der Waals surface area (Å²) in [5, 5.41) is 2.76. The fourth-order valence-corrected chi connectivity index (χ4v) is 1.29. The molecule has 0 amide bonds. The van der Waals surface area contributed by atoms with Crippen LogP contribution in [0.4, 0.5) is 26.1 Å². The molecule has 0 saturated heterocycles. The summed E-state index contributed by atoms with van der Waals surface area (Å²) >= 11 is 0. The molecule has 82 valence electrons. The highest BCUT2D eigenvalue weighted by atomic mass is 19.1. The lowest BCUT2D eigenvalue weighted by Gasteiger charge is -2.06. The number of benzene rings is 1. The van der Waals surface area contributed by atoms with Crippen LogP contribution < -0.4 is 11.1 Å². The van der Waals surface area contributed by atoms with Gasteiger partial charge in [0, 0.05) is 11.8 Å². The summed E-state index contributed by atoms with van der Waals surface area (Å²) in [5.74, 6) is -0.523. The Kier molecular flexibility index (Phi) is 2.68. The van der Waals surface area contributed by atoms with Gasteiger partial charge in [0.25, 0.3) is 0 Å². The molecule has 0 aliphatic heterocycles. The van der Waals surface area contributed by atoms with E-state index in [0.29, 0.717) is 11.6 Å². The lowest BCUT2D eigenvalue weighted by Crippen LogP contribution is -1.97. The second kappa shape index (κ2) is 4.14. The lowest BCUT2D eigenvalue weighted by molar-refractivity contribution is 0.584. The fourth-order valence-electron chi connectivity index (χ4n) is 1.29. The summed E-state index contributed by atoms with van der Waals surface area (Å²) in [6, 6.07) is 8.12.